The molecule has 0 spiro atoms. The molecule has 1 unspecified atom stereocenters. The minimum Gasteiger partial charge on any atom is -0.507 e. The first-order valence-corrected chi connectivity index (χ1v) is 11.9. The number of methoxy groups -OCH3 is 1. The van der Waals surface area contributed by atoms with Gasteiger partial charge in [0.15, 0.2) is 0 Å². The van der Waals surface area contributed by atoms with Crippen LogP contribution in [0.3, 0.4) is 0 Å². The Morgan fingerprint density at radius 3 is 2.42 bits per heavy atom. The van der Waals surface area contributed by atoms with Crippen molar-refractivity contribution in [2.45, 2.75) is 32.2 Å². The summed E-state index contributed by atoms with van der Waals surface area (Å²) in [5.41, 5.74) is 1.02. The summed E-state index contributed by atoms with van der Waals surface area (Å²) in [7, 11) is 1.51. The Morgan fingerprint density at radius 1 is 0.972 bits per heavy atom. The predicted molar refractivity (Wildman–Crippen MR) is 136 cm³/mol. The Morgan fingerprint density at radius 2 is 1.72 bits per heavy atom. The van der Waals surface area contributed by atoms with Gasteiger partial charge in [-0.1, -0.05) is 38.0 Å². The molecule has 186 valence electrons. The summed E-state index contributed by atoms with van der Waals surface area (Å²) in [6, 6.07) is 18.1. The molecule has 1 heterocycles. The third kappa shape index (κ3) is 5.10. The van der Waals surface area contributed by atoms with Crippen molar-refractivity contribution in [3.63, 3.8) is 0 Å². The highest BCUT2D eigenvalue weighted by Gasteiger charge is 2.47. The third-order valence-electron chi connectivity index (χ3n) is 6.08. The van der Waals surface area contributed by atoms with Crippen LogP contribution in [-0.2, 0) is 9.59 Å². The van der Waals surface area contributed by atoms with Crippen molar-refractivity contribution in [1.82, 2.24) is 0 Å². The molecule has 1 amide bonds. The highest BCUT2D eigenvalue weighted by molar-refractivity contribution is 6.51. The number of carbonyl (C=O) groups excluding carboxylic acids is 2. The highest BCUT2D eigenvalue weighted by Crippen LogP contribution is 2.43. The van der Waals surface area contributed by atoms with E-state index in [0.717, 1.165) is 19.3 Å². The van der Waals surface area contributed by atoms with Crippen LogP contribution in [0.5, 0.6) is 11.5 Å². The third-order valence-corrected chi connectivity index (χ3v) is 6.08. The number of carbonyl (C=O) groups is 2. The van der Waals surface area contributed by atoms with Crippen molar-refractivity contribution in [1.29, 1.82) is 0 Å². The van der Waals surface area contributed by atoms with Crippen molar-refractivity contribution < 1.29 is 28.6 Å². The monoisotopic (exact) mass is 489 g/mol. The maximum absolute atomic E-state index is 14.1. The van der Waals surface area contributed by atoms with E-state index in [-0.39, 0.29) is 17.0 Å². The van der Waals surface area contributed by atoms with Crippen LogP contribution < -0.4 is 14.4 Å². The zero-order valence-electron chi connectivity index (χ0n) is 20.2. The molecule has 3 aromatic carbocycles. The lowest BCUT2D eigenvalue weighted by Gasteiger charge is -2.25. The fraction of sp³-hybridized carbons (Fsp3) is 0.241. The molecule has 1 atom stereocenters. The number of ether oxygens (including phenoxy) is 2. The van der Waals surface area contributed by atoms with Crippen LogP contribution in [0.4, 0.5) is 10.1 Å². The van der Waals surface area contributed by atoms with Gasteiger partial charge in [-0.3, -0.25) is 14.5 Å². The molecule has 36 heavy (non-hydrogen) atoms. The van der Waals surface area contributed by atoms with Crippen molar-refractivity contribution in [3.05, 3.63) is 95.3 Å². The first-order valence-electron chi connectivity index (χ1n) is 11.9. The van der Waals surface area contributed by atoms with Gasteiger partial charge in [0.25, 0.3) is 11.7 Å². The summed E-state index contributed by atoms with van der Waals surface area (Å²) in [5.74, 6) is -1.42. The summed E-state index contributed by atoms with van der Waals surface area (Å²) in [5, 5.41) is 11.3. The van der Waals surface area contributed by atoms with E-state index in [4.69, 9.17) is 9.47 Å². The second kappa shape index (κ2) is 11.1. The van der Waals surface area contributed by atoms with Crippen LogP contribution >= 0.6 is 0 Å². The lowest BCUT2D eigenvalue weighted by atomic mass is 9.95. The molecule has 6 nitrogen and oxygen atoms in total. The molecule has 0 bridgehead atoms. The average Bonchev–Trinajstić information content (AvgIpc) is 3.17. The molecule has 0 radical (unpaired) electrons. The van der Waals surface area contributed by atoms with Gasteiger partial charge < -0.3 is 14.6 Å². The number of nitrogens with zero attached hydrogens (tertiary/aromatic N) is 1. The zero-order valence-corrected chi connectivity index (χ0v) is 20.2. The Hall–Kier alpha value is -4.13. The van der Waals surface area contributed by atoms with Crippen molar-refractivity contribution in [2.24, 2.45) is 0 Å². The van der Waals surface area contributed by atoms with Crippen molar-refractivity contribution >= 4 is 23.1 Å². The molecule has 1 saturated heterocycles. The lowest BCUT2D eigenvalue weighted by molar-refractivity contribution is -0.132. The van der Waals surface area contributed by atoms with Crippen LogP contribution in [0, 0.1) is 5.82 Å². The number of aliphatic hydroxyl groups excluding tert-OH is 1. The second-order valence-electron chi connectivity index (χ2n) is 8.51. The predicted octanol–water partition coefficient (Wildman–Crippen LogP) is 6.03. The van der Waals surface area contributed by atoms with Crippen molar-refractivity contribution in [2.75, 3.05) is 18.6 Å². The quantitative estimate of drug-likeness (QED) is 0.172. The maximum atomic E-state index is 14.1. The van der Waals surface area contributed by atoms with E-state index in [0.29, 0.717) is 29.2 Å². The number of benzene rings is 3. The Bertz CT molecular complexity index is 1280. The van der Waals surface area contributed by atoms with Gasteiger partial charge in [0, 0.05) is 11.3 Å². The molecular formula is C29H28FNO5. The van der Waals surface area contributed by atoms with E-state index in [2.05, 4.69) is 6.92 Å². The van der Waals surface area contributed by atoms with Gasteiger partial charge in [0.2, 0.25) is 0 Å². The summed E-state index contributed by atoms with van der Waals surface area (Å²) < 4.78 is 25.1. The van der Waals surface area contributed by atoms with Gasteiger partial charge in [-0.05, 0) is 66.6 Å². The average molecular weight is 490 g/mol. The fourth-order valence-corrected chi connectivity index (χ4v) is 4.26. The number of aliphatic hydroxyl groups is 1. The van der Waals surface area contributed by atoms with Gasteiger partial charge >= 0.3 is 0 Å². The second-order valence-corrected chi connectivity index (χ2v) is 8.51. The van der Waals surface area contributed by atoms with Crippen LogP contribution in [0.2, 0.25) is 0 Å². The lowest BCUT2D eigenvalue weighted by Crippen LogP contribution is -2.29. The van der Waals surface area contributed by atoms with E-state index < -0.39 is 23.5 Å². The number of anilines is 1. The van der Waals surface area contributed by atoms with E-state index in [1.54, 1.807) is 54.6 Å². The summed E-state index contributed by atoms with van der Waals surface area (Å²) in [6.07, 6.45) is 3.12. The first-order chi connectivity index (χ1) is 17.4. The van der Waals surface area contributed by atoms with Crippen molar-refractivity contribution in [3.8, 4) is 11.5 Å². The molecule has 0 aromatic heterocycles. The molecule has 1 fully saturated rings. The molecule has 0 aliphatic carbocycles. The smallest absolute Gasteiger partial charge is 0.300 e. The normalized spacial score (nSPS) is 16.9. The first kappa shape index (κ1) is 25.0. The zero-order chi connectivity index (χ0) is 25.7. The molecule has 1 aliphatic heterocycles. The summed E-state index contributed by atoms with van der Waals surface area (Å²) in [6.45, 7) is 2.71. The SMILES string of the molecule is CCCCCOc1ccc(/C(O)=C2\C(=O)C(=O)N(c3cccc(F)c3)C2c2cccc(OC)c2)cc1. The van der Waals surface area contributed by atoms with E-state index in [1.165, 1.54) is 30.2 Å². The highest BCUT2D eigenvalue weighted by atomic mass is 19.1. The number of unbranched alkanes of at least 4 members (excludes halogenated alkanes) is 2. The minimum absolute atomic E-state index is 0.0888. The Kier molecular flexibility index (Phi) is 7.68. The minimum atomic E-state index is -0.980. The molecular weight excluding hydrogens is 461 g/mol. The number of halogens is 1. The standard InChI is InChI=1S/C29H28FNO5/c1-3-4-5-16-36-23-14-12-19(13-15-23)27(32)25-26(20-8-6-11-24(17-20)35-2)31(29(34)28(25)33)22-10-7-9-21(30)18-22/h6-15,17-18,26,32H,3-5,16H2,1-2H3/b27-25+. The maximum Gasteiger partial charge on any atom is 0.300 e. The number of ketones is 1. The number of hydrogen-bond acceptors (Lipinski definition) is 5. The molecule has 4 rings (SSSR count). The van der Waals surface area contributed by atoms with Crippen LogP contribution in [0.1, 0.15) is 43.4 Å². The van der Waals surface area contributed by atoms with Gasteiger partial charge in [-0.15, -0.1) is 0 Å². The van der Waals surface area contributed by atoms with Crippen LogP contribution in [0.25, 0.3) is 5.76 Å². The van der Waals surface area contributed by atoms with Gasteiger partial charge in [0.1, 0.15) is 23.1 Å². The Labute approximate surface area is 209 Å². The Balaban J connectivity index is 1.78. The topological polar surface area (TPSA) is 76.1 Å². The van der Waals surface area contributed by atoms with Gasteiger partial charge in [-0.2, -0.15) is 0 Å². The molecule has 1 aliphatic rings. The number of amides is 1. The van der Waals surface area contributed by atoms with Crippen LogP contribution in [-0.4, -0.2) is 30.5 Å². The van der Waals surface area contributed by atoms with Crippen LogP contribution in [0.15, 0.2) is 78.4 Å². The number of hydrogen-bond donors (Lipinski definition) is 1. The number of rotatable bonds is 9. The molecule has 3 aromatic rings. The fourth-order valence-electron chi connectivity index (χ4n) is 4.26. The summed E-state index contributed by atoms with van der Waals surface area (Å²) in [4.78, 5) is 27.6. The van der Waals surface area contributed by atoms with E-state index >= 15 is 0 Å². The van der Waals surface area contributed by atoms with Gasteiger partial charge in [0.05, 0.1) is 25.3 Å². The largest absolute Gasteiger partial charge is 0.507 e. The van der Waals surface area contributed by atoms with Gasteiger partial charge in [-0.25, -0.2) is 4.39 Å². The van der Waals surface area contributed by atoms with E-state index in [9.17, 15) is 19.1 Å². The molecule has 1 N–H and O–H groups in total. The van der Waals surface area contributed by atoms with E-state index in [1.807, 2.05) is 0 Å². The number of Topliss-reactive ketones (excluding diaryl/α,β-unsaturated/α-hetero) is 1. The molecule has 0 saturated carbocycles. The molecule has 7 heteroatoms. The summed E-state index contributed by atoms with van der Waals surface area (Å²) >= 11 is 0.